The van der Waals surface area contributed by atoms with E-state index in [1.807, 2.05) is 6.92 Å². The van der Waals surface area contributed by atoms with E-state index in [4.69, 9.17) is 9.47 Å². The molecular weight excluding hydrogens is 296 g/mol. The molecule has 0 fully saturated rings. The topological polar surface area (TPSA) is 84.0 Å². The third kappa shape index (κ3) is 7.51. The van der Waals surface area contributed by atoms with E-state index in [2.05, 4.69) is 20.9 Å². The van der Waals surface area contributed by atoms with Crippen molar-refractivity contribution >= 4 is 11.9 Å². The Bertz CT molecular complexity index is 489. The number of amides is 1. The average molecular weight is 322 g/mol. The van der Waals surface area contributed by atoms with Crippen molar-refractivity contribution in [2.45, 2.75) is 6.92 Å². The maximum absolute atomic E-state index is 12.0. The van der Waals surface area contributed by atoms with Crippen LogP contribution in [-0.2, 0) is 4.74 Å². The molecule has 1 aromatic carbocycles. The quantitative estimate of drug-likeness (QED) is 0.353. The second-order valence-electron chi connectivity index (χ2n) is 4.61. The van der Waals surface area contributed by atoms with Crippen molar-refractivity contribution < 1.29 is 14.3 Å². The van der Waals surface area contributed by atoms with Gasteiger partial charge >= 0.3 is 0 Å². The summed E-state index contributed by atoms with van der Waals surface area (Å²) in [5, 5.41) is 9.09. The Balaban J connectivity index is 2.23. The molecule has 128 valence electrons. The number of ether oxygens (including phenoxy) is 2. The lowest BCUT2D eigenvalue weighted by Crippen LogP contribution is -2.42. The second kappa shape index (κ2) is 11.3. The van der Waals surface area contributed by atoms with E-state index in [0.717, 1.165) is 5.75 Å². The number of aliphatic imine (C=N–C) groups is 1. The predicted octanol–water partition coefficient (Wildman–Crippen LogP) is 0.627. The Hall–Kier alpha value is -2.28. The molecule has 0 heterocycles. The van der Waals surface area contributed by atoms with Crippen LogP contribution in [0.3, 0.4) is 0 Å². The minimum atomic E-state index is -0.117. The van der Waals surface area contributed by atoms with E-state index in [1.54, 1.807) is 38.4 Å². The number of hydrogen-bond donors (Lipinski definition) is 3. The molecule has 0 aliphatic carbocycles. The van der Waals surface area contributed by atoms with Gasteiger partial charge in [-0.2, -0.15) is 0 Å². The Labute approximate surface area is 137 Å². The molecule has 23 heavy (non-hydrogen) atoms. The summed E-state index contributed by atoms with van der Waals surface area (Å²) in [6.45, 7) is 5.05. The highest BCUT2D eigenvalue weighted by atomic mass is 16.5. The van der Waals surface area contributed by atoms with E-state index < -0.39 is 0 Å². The number of nitrogens with zero attached hydrogens (tertiary/aromatic N) is 1. The molecule has 0 saturated carbocycles. The Morgan fingerprint density at radius 1 is 1.09 bits per heavy atom. The van der Waals surface area contributed by atoms with Crippen molar-refractivity contribution in [2.24, 2.45) is 4.99 Å². The van der Waals surface area contributed by atoms with E-state index in [1.165, 1.54) is 0 Å². The Morgan fingerprint density at radius 2 is 1.74 bits per heavy atom. The lowest BCUT2D eigenvalue weighted by Gasteiger charge is -2.12. The number of methoxy groups -OCH3 is 1. The minimum Gasteiger partial charge on any atom is -0.497 e. The molecule has 3 N–H and O–H groups in total. The van der Waals surface area contributed by atoms with Crippen molar-refractivity contribution in [2.75, 3.05) is 47.0 Å². The fraction of sp³-hybridized carbons (Fsp3) is 0.500. The monoisotopic (exact) mass is 322 g/mol. The summed E-state index contributed by atoms with van der Waals surface area (Å²) in [7, 11) is 3.29. The van der Waals surface area contributed by atoms with Crippen LogP contribution in [0.25, 0.3) is 0 Å². The van der Waals surface area contributed by atoms with Gasteiger partial charge < -0.3 is 25.4 Å². The largest absolute Gasteiger partial charge is 0.497 e. The van der Waals surface area contributed by atoms with Crippen LogP contribution in [0, 0.1) is 0 Å². The normalized spacial score (nSPS) is 11.0. The number of carbonyl (C=O) groups excluding carboxylic acids is 1. The van der Waals surface area contributed by atoms with Gasteiger partial charge in [0, 0.05) is 38.9 Å². The fourth-order valence-corrected chi connectivity index (χ4v) is 1.81. The third-order valence-electron chi connectivity index (χ3n) is 3.02. The number of rotatable bonds is 9. The van der Waals surface area contributed by atoms with Gasteiger partial charge in [-0.15, -0.1) is 0 Å². The van der Waals surface area contributed by atoms with Crippen molar-refractivity contribution in [3.05, 3.63) is 29.8 Å². The van der Waals surface area contributed by atoms with Crippen LogP contribution in [0.2, 0.25) is 0 Å². The molecule has 1 amide bonds. The molecule has 0 aromatic heterocycles. The number of carbonyl (C=O) groups is 1. The zero-order valence-corrected chi connectivity index (χ0v) is 14.0. The first kappa shape index (κ1) is 18.8. The third-order valence-corrected chi connectivity index (χ3v) is 3.02. The zero-order valence-electron chi connectivity index (χ0n) is 14.0. The molecule has 7 heteroatoms. The maximum atomic E-state index is 12.0. The molecule has 7 nitrogen and oxygen atoms in total. The van der Waals surface area contributed by atoms with E-state index in [9.17, 15) is 4.79 Å². The molecule has 0 aliphatic heterocycles. The minimum absolute atomic E-state index is 0.117. The highest BCUT2D eigenvalue weighted by Gasteiger charge is 2.04. The maximum Gasteiger partial charge on any atom is 0.251 e. The van der Waals surface area contributed by atoms with Crippen LogP contribution in [0.1, 0.15) is 17.3 Å². The Morgan fingerprint density at radius 3 is 2.35 bits per heavy atom. The van der Waals surface area contributed by atoms with Crippen LogP contribution in [0.4, 0.5) is 0 Å². The molecule has 0 bridgehead atoms. The van der Waals surface area contributed by atoms with Gasteiger partial charge in [-0.25, -0.2) is 0 Å². The van der Waals surface area contributed by atoms with Gasteiger partial charge in [0.2, 0.25) is 0 Å². The lowest BCUT2D eigenvalue weighted by atomic mass is 10.2. The standard InChI is InChI=1S/C16H26N4O3/c1-4-23-12-11-20-16(17-2)19-10-9-18-15(21)13-5-7-14(22-3)8-6-13/h5-8H,4,9-12H2,1-3H3,(H,18,21)(H2,17,19,20). The van der Waals surface area contributed by atoms with E-state index in [0.29, 0.717) is 44.4 Å². The molecule has 0 unspecified atom stereocenters. The van der Waals surface area contributed by atoms with Crippen LogP contribution < -0.4 is 20.7 Å². The first-order valence-corrected chi connectivity index (χ1v) is 7.65. The van der Waals surface area contributed by atoms with Crippen LogP contribution in [0.15, 0.2) is 29.3 Å². The Kier molecular flexibility index (Phi) is 9.23. The zero-order chi connectivity index (χ0) is 16.9. The fourth-order valence-electron chi connectivity index (χ4n) is 1.81. The molecule has 1 aromatic rings. The summed E-state index contributed by atoms with van der Waals surface area (Å²) in [4.78, 5) is 16.1. The van der Waals surface area contributed by atoms with Gasteiger partial charge in [-0.1, -0.05) is 0 Å². The first-order valence-electron chi connectivity index (χ1n) is 7.65. The van der Waals surface area contributed by atoms with Gasteiger partial charge in [-0.05, 0) is 31.2 Å². The molecule has 0 atom stereocenters. The number of guanidine groups is 1. The summed E-state index contributed by atoms with van der Waals surface area (Å²) in [5.74, 6) is 1.29. The van der Waals surface area contributed by atoms with Gasteiger partial charge in [-0.3, -0.25) is 9.79 Å². The van der Waals surface area contributed by atoms with Crippen LogP contribution >= 0.6 is 0 Å². The number of hydrogen-bond acceptors (Lipinski definition) is 4. The SMILES string of the molecule is CCOCCNC(=NC)NCCNC(=O)c1ccc(OC)cc1. The summed E-state index contributed by atoms with van der Waals surface area (Å²) in [6, 6.07) is 6.99. The molecule has 0 aliphatic rings. The molecule has 0 saturated heterocycles. The molecule has 0 spiro atoms. The lowest BCUT2D eigenvalue weighted by molar-refractivity contribution is 0.0954. The van der Waals surface area contributed by atoms with E-state index >= 15 is 0 Å². The van der Waals surface area contributed by atoms with Crippen molar-refractivity contribution in [3.63, 3.8) is 0 Å². The highest BCUT2D eigenvalue weighted by Crippen LogP contribution is 2.10. The van der Waals surface area contributed by atoms with Crippen molar-refractivity contribution in [1.82, 2.24) is 16.0 Å². The van der Waals surface area contributed by atoms with Crippen LogP contribution in [0.5, 0.6) is 5.75 Å². The molecular formula is C16H26N4O3. The van der Waals surface area contributed by atoms with E-state index in [-0.39, 0.29) is 5.91 Å². The highest BCUT2D eigenvalue weighted by molar-refractivity contribution is 5.94. The molecule has 0 radical (unpaired) electrons. The smallest absolute Gasteiger partial charge is 0.251 e. The number of nitrogens with one attached hydrogen (secondary N) is 3. The summed E-state index contributed by atoms with van der Waals surface area (Å²) < 4.78 is 10.3. The first-order chi connectivity index (χ1) is 11.2. The van der Waals surface area contributed by atoms with Gasteiger partial charge in [0.25, 0.3) is 5.91 Å². The summed E-state index contributed by atoms with van der Waals surface area (Å²) in [6.07, 6.45) is 0. The predicted molar refractivity (Wildman–Crippen MR) is 91.2 cm³/mol. The number of benzene rings is 1. The average Bonchev–Trinajstić information content (AvgIpc) is 2.60. The second-order valence-corrected chi connectivity index (χ2v) is 4.61. The van der Waals surface area contributed by atoms with Crippen LogP contribution in [-0.4, -0.2) is 58.9 Å². The summed E-state index contributed by atoms with van der Waals surface area (Å²) >= 11 is 0. The summed E-state index contributed by atoms with van der Waals surface area (Å²) in [5.41, 5.74) is 0.602. The van der Waals surface area contributed by atoms with Gasteiger partial charge in [0.15, 0.2) is 5.96 Å². The molecule has 1 rings (SSSR count). The van der Waals surface area contributed by atoms with Gasteiger partial charge in [0.1, 0.15) is 5.75 Å². The van der Waals surface area contributed by atoms with Crippen molar-refractivity contribution in [3.8, 4) is 5.75 Å². The van der Waals surface area contributed by atoms with Gasteiger partial charge in [0.05, 0.1) is 13.7 Å². The van der Waals surface area contributed by atoms with Crippen molar-refractivity contribution in [1.29, 1.82) is 0 Å².